The summed E-state index contributed by atoms with van der Waals surface area (Å²) in [6, 6.07) is 14.5. The smallest absolute Gasteiger partial charge is 0.341 e. The fourth-order valence-corrected chi connectivity index (χ4v) is 2.18. The van der Waals surface area contributed by atoms with Crippen LogP contribution in [-0.2, 0) is 14.3 Å². The number of hydrogen-bond donors (Lipinski definition) is 1. The van der Waals surface area contributed by atoms with E-state index in [0.29, 0.717) is 23.6 Å². The lowest BCUT2D eigenvalue weighted by Crippen LogP contribution is -2.05. The molecule has 128 valence electrons. The molecule has 0 amide bonds. The van der Waals surface area contributed by atoms with Gasteiger partial charge in [0.2, 0.25) is 0 Å². The van der Waals surface area contributed by atoms with Crippen LogP contribution >= 0.6 is 0 Å². The lowest BCUT2D eigenvalue weighted by Gasteiger charge is -2.13. The Kier molecular flexibility index (Phi) is 6.49. The summed E-state index contributed by atoms with van der Waals surface area (Å²) in [7, 11) is 2.78. The van der Waals surface area contributed by atoms with Gasteiger partial charge in [-0.1, -0.05) is 30.2 Å². The van der Waals surface area contributed by atoms with Gasteiger partial charge in [-0.25, -0.2) is 4.79 Å². The maximum Gasteiger partial charge on any atom is 0.341 e. The maximum absolute atomic E-state index is 12.0. The molecule has 0 atom stereocenters. The van der Waals surface area contributed by atoms with Crippen molar-refractivity contribution in [1.29, 1.82) is 0 Å². The van der Waals surface area contributed by atoms with Gasteiger partial charge in [0.1, 0.15) is 17.1 Å². The van der Waals surface area contributed by atoms with Crippen LogP contribution in [-0.4, -0.2) is 26.7 Å². The van der Waals surface area contributed by atoms with E-state index in [-0.39, 0.29) is 5.57 Å². The molecule has 0 aliphatic carbocycles. The molecule has 0 aliphatic rings. The van der Waals surface area contributed by atoms with Crippen molar-refractivity contribution in [2.24, 2.45) is 0 Å². The Morgan fingerprint density at radius 3 is 2.72 bits per heavy atom. The number of terminal acetylenes is 1. The molecule has 5 heteroatoms. The molecule has 1 N–H and O–H groups in total. The third kappa shape index (κ3) is 4.79. The minimum atomic E-state index is -0.512. The molecule has 2 aromatic rings. The minimum absolute atomic E-state index is 0.266. The van der Waals surface area contributed by atoms with Gasteiger partial charge in [0.05, 0.1) is 27.0 Å². The Balaban J connectivity index is 2.34. The van der Waals surface area contributed by atoms with Gasteiger partial charge in [0.25, 0.3) is 0 Å². The molecule has 0 radical (unpaired) electrons. The van der Waals surface area contributed by atoms with E-state index in [2.05, 4.69) is 11.2 Å². The molecule has 2 aromatic carbocycles. The van der Waals surface area contributed by atoms with Crippen LogP contribution in [0.5, 0.6) is 11.5 Å². The number of benzene rings is 2. The predicted molar refractivity (Wildman–Crippen MR) is 97.3 cm³/mol. The molecule has 0 aromatic heterocycles. The van der Waals surface area contributed by atoms with E-state index in [0.717, 1.165) is 5.69 Å². The SMILES string of the molecule is C#CCNc1cccc(Oc2ccccc2C(=COC)C(=O)OC)c1. The van der Waals surface area contributed by atoms with E-state index in [1.807, 2.05) is 30.3 Å². The van der Waals surface area contributed by atoms with Crippen molar-refractivity contribution in [3.8, 4) is 23.8 Å². The predicted octanol–water partition coefficient (Wildman–Crippen LogP) is 3.68. The fourth-order valence-electron chi connectivity index (χ4n) is 2.18. The number of carbonyl (C=O) groups is 1. The molecular weight excluding hydrogens is 318 g/mol. The van der Waals surface area contributed by atoms with Crippen molar-refractivity contribution in [3.05, 3.63) is 60.4 Å². The van der Waals surface area contributed by atoms with Gasteiger partial charge in [-0.2, -0.15) is 0 Å². The molecule has 0 saturated heterocycles. The summed E-state index contributed by atoms with van der Waals surface area (Å²) in [6.45, 7) is 0.420. The lowest BCUT2D eigenvalue weighted by atomic mass is 10.1. The Morgan fingerprint density at radius 2 is 2.00 bits per heavy atom. The zero-order valence-electron chi connectivity index (χ0n) is 14.1. The van der Waals surface area contributed by atoms with Crippen LogP contribution in [0, 0.1) is 12.3 Å². The van der Waals surface area contributed by atoms with Crippen molar-refractivity contribution in [3.63, 3.8) is 0 Å². The summed E-state index contributed by atoms with van der Waals surface area (Å²) in [5.41, 5.74) is 1.67. The van der Waals surface area contributed by atoms with Crippen LogP contribution in [0.1, 0.15) is 5.56 Å². The third-order valence-corrected chi connectivity index (χ3v) is 3.27. The van der Waals surface area contributed by atoms with Crippen molar-refractivity contribution in [1.82, 2.24) is 0 Å². The quantitative estimate of drug-likeness (QED) is 0.361. The first-order valence-electron chi connectivity index (χ1n) is 7.55. The Labute approximate surface area is 147 Å². The normalized spacial score (nSPS) is 10.5. The summed E-state index contributed by atoms with van der Waals surface area (Å²) in [5.74, 6) is 3.12. The van der Waals surface area contributed by atoms with Gasteiger partial charge >= 0.3 is 5.97 Å². The molecule has 0 bridgehead atoms. The first-order chi connectivity index (χ1) is 12.2. The number of carbonyl (C=O) groups excluding carboxylic acids is 1. The number of para-hydroxylation sites is 1. The second kappa shape index (κ2) is 9.04. The van der Waals surface area contributed by atoms with E-state index < -0.39 is 5.97 Å². The first kappa shape index (κ1) is 18.0. The molecule has 0 heterocycles. The van der Waals surface area contributed by atoms with Crippen LogP contribution in [0.4, 0.5) is 5.69 Å². The number of esters is 1. The second-order valence-corrected chi connectivity index (χ2v) is 4.94. The number of ether oxygens (including phenoxy) is 3. The van der Waals surface area contributed by atoms with Crippen molar-refractivity contribution in [2.75, 3.05) is 26.1 Å². The average Bonchev–Trinajstić information content (AvgIpc) is 2.65. The summed E-state index contributed by atoms with van der Waals surface area (Å²) < 4.78 is 15.8. The maximum atomic E-state index is 12.0. The Morgan fingerprint density at radius 1 is 1.20 bits per heavy atom. The number of anilines is 1. The van der Waals surface area contributed by atoms with Crippen LogP contribution in [0.25, 0.3) is 5.57 Å². The highest BCUT2D eigenvalue weighted by Crippen LogP contribution is 2.31. The molecule has 0 unspecified atom stereocenters. The third-order valence-electron chi connectivity index (χ3n) is 3.27. The summed E-state index contributed by atoms with van der Waals surface area (Å²) in [4.78, 5) is 12.0. The minimum Gasteiger partial charge on any atom is -0.503 e. The number of rotatable bonds is 7. The second-order valence-electron chi connectivity index (χ2n) is 4.94. The highest BCUT2D eigenvalue weighted by Gasteiger charge is 2.18. The van der Waals surface area contributed by atoms with Crippen molar-refractivity contribution in [2.45, 2.75) is 0 Å². The molecule has 5 nitrogen and oxygen atoms in total. The van der Waals surface area contributed by atoms with Gasteiger partial charge in [0.15, 0.2) is 0 Å². The number of hydrogen-bond acceptors (Lipinski definition) is 5. The van der Waals surface area contributed by atoms with Crippen LogP contribution in [0.3, 0.4) is 0 Å². The van der Waals surface area contributed by atoms with Gasteiger partial charge < -0.3 is 19.5 Å². The monoisotopic (exact) mass is 337 g/mol. The summed E-state index contributed by atoms with van der Waals surface area (Å²) in [5, 5.41) is 3.08. The van der Waals surface area contributed by atoms with E-state index in [1.165, 1.54) is 20.5 Å². The number of methoxy groups -OCH3 is 2. The highest BCUT2D eigenvalue weighted by molar-refractivity contribution is 6.17. The van der Waals surface area contributed by atoms with Gasteiger partial charge in [0, 0.05) is 17.3 Å². The Bertz CT molecular complexity index is 805. The molecular formula is C20H19NO4. The zero-order chi connectivity index (χ0) is 18.1. The van der Waals surface area contributed by atoms with Crippen LogP contribution in [0.15, 0.2) is 54.8 Å². The molecule has 2 rings (SSSR count). The summed E-state index contributed by atoms with van der Waals surface area (Å²) in [6.07, 6.45) is 6.59. The van der Waals surface area contributed by atoms with E-state index in [9.17, 15) is 4.79 Å². The Hall–Kier alpha value is -3.39. The van der Waals surface area contributed by atoms with E-state index >= 15 is 0 Å². The van der Waals surface area contributed by atoms with E-state index in [4.69, 9.17) is 20.6 Å². The topological polar surface area (TPSA) is 56.8 Å². The van der Waals surface area contributed by atoms with Crippen LogP contribution in [0.2, 0.25) is 0 Å². The van der Waals surface area contributed by atoms with Crippen LogP contribution < -0.4 is 10.1 Å². The molecule has 0 aliphatic heterocycles. The molecule has 0 fully saturated rings. The van der Waals surface area contributed by atoms with Crippen molar-refractivity contribution >= 4 is 17.2 Å². The lowest BCUT2D eigenvalue weighted by molar-refractivity contribution is -0.133. The first-order valence-corrected chi connectivity index (χ1v) is 7.55. The average molecular weight is 337 g/mol. The number of nitrogens with one attached hydrogen (secondary N) is 1. The van der Waals surface area contributed by atoms with E-state index in [1.54, 1.807) is 18.2 Å². The highest BCUT2D eigenvalue weighted by atomic mass is 16.5. The standard InChI is InChI=1S/C20H19NO4/c1-4-12-21-15-8-7-9-16(13-15)25-19-11-6-5-10-17(19)18(14-23-2)20(22)24-3/h1,5-11,13-14,21H,12H2,2-3H3. The van der Waals surface area contributed by atoms with Gasteiger partial charge in [-0.3, -0.25) is 0 Å². The zero-order valence-corrected chi connectivity index (χ0v) is 14.1. The van der Waals surface area contributed by atoms with Crippen molar-refractivity contribution < 1.29 is 19.0 Å². The van der Waals surface area contributed by atoms with Gasteiger partial charge in [-0.05, 0) is 18.2 Å². The summed E-state index contributed by atoms with van der Waals surface area (Å²) >= 11 is 0. The molecule has 0 spiro atoms. The molecule has 25 heavy (non-hydrogen) atoms. The largest absolute Gasteiger partial charge is 0.503 e. The fraction of sp³-hybridized carbons (Fsp3) is 0.150. The molecule has 0 saturated carbocycles. The van der Waals surface area contributed by atoms with Gasteiger partial charge in [-0.15, -0.1) is 6.42 Å².